The molecule has 9 nitrogen and oxygen atoms in total. The highest BCUT2D eigenvalue weighted by Gasteiger charge is 2.22. The Morgan fingerprint density at radius 3 is 2.10 bits per heavy atom. The molecular formula is C29H25ClN2O7. The lowest BCUT2D eigenvalue weighted by atomic mass is 10.2. The Balaban J connectivity index is 1.12. The number of rotatable bonds is 7. The predicted molar refractivity (Wildman–Crippen MR) is 144 cm³/mol. The van der Waals surface area contributed by atoms with Crippen molar-refractivity contribution in [3.8, 4) is 34.4 Å². The zero-order chi connectivity index (χ0) is 26.8. The molecule has 0 bridgehead atoms. The summed E-state index contributed by atoms with van der Waals surface area (Å²) in [6.07, 6.45) is 3.00. The lowest BCUT2D eigenvalue weighted by Gasteiger charge is -2.27. The van der Waals surface area contributed by atoms with Crippen LogP contribution in [-0.4, -0.2) is 41.7 Å². The van der Waals surface area contributed by atoms with Gasteiger partial charge in [0, 0.05) is 35.7 Å². The fourth-order valence-corrected chi connectivity index (χ4v) is 4.72. The van der Waals surface area contributed by atoms with Crippen LogP contribution in [0.15, 0.2) is 82.6 Å². The molecule has 2 aromatic carbocycles. The fraction of sp³-hybridized carbons (Fsp3) is 0.241. The van der Waals surface area contributed by atoms with Crippen LogP contribution in [0.2, 0.25) is 0 Å². The van der Waals surface area contributed by atoms with Gasteiger partial charge in [-0.05, 0) is 42.5 Å². The summed E-state index contributed by atoms with van der Waals surface area (Å²) in [4.78, 5) is 25.8. The first-order valence-electron chi connectivity index (χ1n) is 12.5. The first-order valence-corrected chi connectivity index (χ1v) is 13.0. The van der Waals surface area contributed by atoms with Crippen molar-refractivity contribution in [3.05, 3.63) is 105 Å². The standard InChI is InChI=1S/C29H25ClN2O7/c30-15-19-3-1-9-31(28(19)33)22-6-8-25-27(14-22)39-23(18-38-25)17-35-16-20-4-2-10-32(29(20)34)21-5-7-24-26(13-21)37-12-11-36-24/h1-10,13-14,23H,11-12,15-18H2. The van der Waals surface area contributed by atoms with Crippen LogP contribution in [0.1, 0.15) is 11.1 Å². The van der Waals surface area contributed by atoms with Crippen molar-refractivity contribution in [1.29, 1.82) is 0 Å². The third-order valence-corrected chi connectivity index (χ3v) is 6.77. The Bertz CT molecular complexity index is 1630. The molecule has 200 valence electrons. The largest absolute Gasteiger partial charge is 0.486 e. The molecule has 1 atom stereocenters. The third-order valence-electron chi connectivity index (χ3n) is 6.49. The van der Waals surface area contributed by atoms with Crippen molar-refractivity contribution in [3.63, 3.8) is 0 Å². The van der Waals surface area contributed by atoms with E-state index in [4.69, 9.17) is 35.3 Å². The van der Waals surface area contributed by atoms with Crippen LogP contribution in [0.4, 0.5) is 0 Å². The minimum Gasteiger partial charge on any atom is -0.486 e. The Kier molecular flexibility index (Phi) is 7.00. The number of benzene rings is 2. The van der Waals surface area contributed by atoms with Crippen LogP contribution in [0.5, 0.6) is 23.0 Å². The number of ether oxygens (including phenoxy) is 5. The van der Waals surface area contributed by atoms with E-state index < -0.39 is 0 Å². The molecule has 6 rings (SSSR count). The summed E-state index contributed by atoms with van der Waals surface area (Å²) in [6.45, 7) is 1.59. The summed E-state index contributed by atoms with van der Waals surface area (Å²) in [6, 6.07) is 17.7. The quantitative estimate of drug-likeness (QED) is 0.324. The number of hydrogen-bond acceptors (Lipinski definition) is 7. The SMILES string of the molecule is O=c1c(CCl)cccn1-c1ccc2c(c1)OC(COCc1cccn(-c3ccc4c(c3)OCCO4)c1=O)CO2. The van der Waals surface area contributed by atoms with Crippen molar-refractivity contribution >= 4 is 11.6 Å². The summed E-state index contributed by atoms with van der Waals surface area (Å²) in [5.74, 6) is 2.50. The van der Waals surface area contributed by atoms with Crippen LogP contribution < -0.4 is 30.1 Å². The summed E-state index contributed by atoms with van der Waals surface area (Å²) < 4.78 is 32.1. The Morgan fingerprint density at radius 1 is 0.769 bits per heavy atom. The second-order valence-corrected chi connectivity index (χ2v) is 9.34. The second kappa shape index (κ2) is 10.9. The number of pyridine rings is 2. The highest BCUT2D eigenvalue weighted by atomic mass is 35.5. The number of aromatic nitrogens is 2. The average molecular weight is 549 g/mol. The van der Waals surface area contributed by atoms with Gasteiger partial charge in [-0.2, -0.15) is 0 Å². The molecule has 0 fully saturated rings. The highest BCUT2D eigenvalue weighted by Crippen LogP contribution is 2.34. The second-order valence-electron chi connectivity index (χ2n) is 9.08. The molecule has 1 unspecified atom stereocenters. The number of fused-ring (bicyclic) bond motifs is 2. The summed E-state index contributed by atoms with van der Waals surface area (Å²) >= 11 is 5.89. The first kappa shape index (κ1) is 25.1. The highest BCUT2D eigenvalue weighted by molar-refractivity contribution is 6.17. The van der Waals surface area contributed by atoms with Crippen molar-refractivity contribution in [2.75, 3.05) is 26.4 Å². The zero-order valence-corrected chi connectivity index (χ0v) is 21.6. The van der Waals surface area contributed by atoms with E-state index in [0.717, 1.165) is 0 Å². The Morgan fingerprint density at radius 2 is 1.38 bits per heavy atom. The van der Waals surface area contributed by atoms with Gasteiger partial charge in [-0.3, -0.25) is 18.7 Å². The van der Waals surface area contributed by atoms with Crippen LogP contribution in [0.3, 0.4) is 0 Å². The Hall–Kier alpha value is -4.21. The molecule has 0 saturated carbocycles. The molecule has 2 aliphatic heterocycles. The van der Waals surface area contributed by atoms with Crippen LogP contribution >= 0.6 is 11.6 Å². The number of alkyl halides is 1. The predicted octanol–water partition coefficient (Wildman–Crippen LogP) is 3.86. The first-order chi connectivity index (χ1) is 19.1. The van der Waals surface area contributed by atoms with Crippen LogP contribution in [0, 0.1) is 0 Å². The fourth-order valence-electron chi connectivity index (χ4n) is 4.51. The van der Waals surface area contributed by atoms with Gasteiger partial charge in [-0.15, -0.1) is 11.6 Å². The van der Waals surface area contributed by atoms with Gasteiger partial charge in [0.15, 0.2) is 29.1 Å². The molecule has 4 heterocycles. The van der Waals surface area contributed by atoms with Gasteiger partial charge >= 0.3 is 0 Å². The third kappa shape index (κ3) is 5.10. The maximum Gasteiger partial charge on any atom is 0.260 e. The molecule has 0 N–H and O–H groups in total. The summed E-state index contributed by atoms with van der Waals surface area (Å²) in [5, 5.41) is 0. The molecule has 39 heavy (non-hydrogen) atoms. The van der Waals surface area contributed by atoms with Gasteiger partial charge in [-0.1, -0.05) is 6.07 Å². The van der Waals surface area contributed by atoms with Crippen molar-refractivity contribution in [1.82, 2.24) is 9.13 Å². The molecule has 0 spiro atoms. The van der Waals surface area contributed by atoms with Gasteiger partial charge in [0.1, 0.15) is 19.8 Å². The van der Waals surface area contributed by atoms with Crippen LogP contribution in [-0.2, 0) is 17.2 Å². The van der Waals surface area contributed by atoms with Crippen molar-refractivity contribution < 1.29 is 23.7 Å². The topological polar surface area (TPSA) is 90.2 Å². The van der Waals surface area contributed by atoms with E-state index in [-0.39, 0.29) is 36.3 Å². The molecule has 2 aliphatic rings. The summed E-state index contributed by atoms with van der Waals surface area (Å²) in [5.41, 5.74) is 1.96. The molecule has 10 heteroatoms. The number of halogens is 1. The van der Waals surface area contributed by atoms with Gasteiger partial charge in [-0.25, -0.2) is 0 Å². The maximum absolute atomic E-state index is 13.1. The van der Waals surface area contributed by atoms with E-state index in [1.165, 1.54) is 4.57 Å². The lowest BCUT2D eigenvalue weighted by Crippen LogP contribution is -2.34. The van der Waals surface area contributed by atoms with E-state index in [2.05, 4.69) is 0 Å². The van der Waals surface area contributed by atoms with Gasteiger partial charge in [0.2, 0.25) is 0 Å². The minimum atomic E-state index is -0.387. The zero-order valence-electron chi connectivity index (χ0n) is 20.9. The van der Waals surface area contributed by atoms with Gasteiger partial charge < -0.3 is 23.7 Å². The molecule has 0 aliphatic carbocycles. The van der Waals surface area contributed by atoms with E-state index in [1.54, 1.807) is 71.6 Å². The summed E-state index contributed by atoms with van der Waals surface area (Å²) in [7, 11) is 0. The normalized spacial score (nSPS) is 15.7. The minimum absolute atomic E-state index is 0.109. The molecule has 0 saturated heterocycles. The number of nitrogens with zero attached hydrogens (tertiary/aromatic N) is 2. The van der Waals surface area contributed by atoms with Crippen molar-refractivity contribution in [2.45, 2.75) is 18.6 Å². The smallest absolute Gasteiger partial charge is 0.260 e. The lowest BCUT2D eigenvalue weighted by molar-refractivity contribution is 0.00241. The van der Waals surface area contributed by atoms with Gasteiger partial charge in [0.05, 0.1) is 30.5 Å². The molecule has 2 aromatic heterocycles. The van der Waals surface area contributed by atoms with Crippen LogP contribution in [0.25, 0.3) is 11.4 Å². The van der Waals surface area contributed by atoms with Gasteiger partial charge in [0.25, 0.3) is 11.1 Å². The molecule has 4 aromatic rings. The molecule has 0 amide bonds. The molecular weight excluding hydrogens is 524 g/mol. The Labute approximate surface area is 228 Å². The van der Waals surface area contributed by atoms with E-state index in [0.29, 0.717) is 65.3 Å². The van der Waals surface area contributed by atoms with E-state index in [9.17, 15) is 9.59 Å². The number of hydrogen-bond donors (Lipinski definition) is 0. The molecule has 0 radical (unpaired) electrons. The van der Waals surface area contributed by atoms with Crippen molar-refractivity contribution in [2.24, 2.45) is 0 Å². The van der Waals surface area contributed by atoms with E-state index in [1.807, 2.05) is 6.07 Å². The monoisotopic (exact) mass is 548 g/mol. The maximum atomic E-state index is 13.1. The van der Waals surface area contributed by atoms with E-state index >= 15 is 0 Å². The average Bonchev–Trinajstić information content (AvgIpc) is 2.97.